The van der Waals surface area contributed by atoms with Crippen LogP contribution < -0.4 is 16.1 Å². The summed E-state index contributed by atoms with van der Waals surface area (Å²) in [5.74, 6) is 0.165. The molecule has 0 radical (unpaired) electrons. The zero-order valence-electron chi connectivity index (χ0n) is 19.9. The van der Waals surface area contributed by atoms with Gasteiger partial charge >= 0.3 is 0 Å². The van der Waals surface area contributed by atoms with Crippen LogP contribution in [0.1, 0.15) is 56.9 Å². The molecule has 0 bridgehead atoms. The molecule has 2 atom stereocenters. The molecule has 0 fully saturated rings. The topological polar surface area (TPSA) is 64.6 Å². The lowest BCUT2D eigenvalue weighted by Gasteiger charge is -2.20. The Kier molecular flexibility index (Phi) is 6.65. The van der Waals surface area contributed by atoms with Gasteiger partial charge in [-0.15, -0.1) is 0 Å². The number of aryl methyl sites for hydroxylation is 1. The van der Waals surface area contributed by atoms with Crippen LogP contribution in [0.25, 0.3) is 5.70 Å². The van der Waals surface area contributed by atoms with Crippen LogP contribution in [0.2, 0.25) is 0 Å². The Morgan fingerprint density at radius 3 is 2.61 bits per heavy atom. The van der Waals surface area contributed by atoms with Gasteiger partial charge in [0.1, 0.15) is 23.3 Å². The van der Waals surface area contributed by atoms with Gasteiger partial charge in [0.15, 0.2) is 0 Å². The molecule has 2 aromatic rings. The maximum Gasteiger partial charge on any atom is 0.144 e. The van der Waals surface area contributed by atoms with Crippen LogP contribution in [0, 0.1) is 24.5 Å². The van der Waals surface area contributed by atoms with E-state index < -0.39 is 11.6 Å². The molecular weight excluding hydrogens is 422 g/mol. The number of aromatic nitrogens is 1. The van der Waals surface area contributed by atoms with Crippen molar-refractivity contribution in [2.24, 2.45) is 10.9 Å². The molecule has 2 aliphatic rings. The van der Waals surface area contributed by atoms with Gasteiger partial charge in [0.25, 0.3) is 0 Å². The SMILES string of the molecule is CCCC(CC)CNc1cc2c(c(C)n1)N=C(c1c(F)cccc1F)NC1=C2NN(C)C1C. The molecule has 0 spiro atoms. The van der Waals surface area contributed by atoms with Crippen molar-refractivity contribution in [3.05, 3.63) is 58.4 Å². The first-order chi connectivity index (χ1) is 15.8. The smallest absolute Gasteiger partial charge is 0.144 e. The van der Waals surface area contributed by atoms with Crippen LogP contribution in [-0.2, 0) is 0 Å². The number of nitrogens with one attached hydrogen (secondary N) is 3. The fourth-order valence-electron chi connectivity index (χ4n) is 4.41. The fourth-order valence-corrected chi connectivity index (χ4v) is 4.41. The highest BCUT2D eigenvalue weighted by atomic mass is 19.1. The zero-order valence-corrected chi connectivity index (χ0v) is 19.9. The van der Waals surface area contributed by atoms with Gasteiger partial charge in [-0.25, -0.2) is 23.8 Å². The molecule has 1 aromatic carbocycles. The summed E-state index contributed by atoms with van der Waals surface area (Å²) in [6, 6.07) is 5.76. The second kappa shape index (κ2) is 9.47. The fraction of sp³-hybridized carbons (Fsp3) is 0.440. The van der Waals surface area contributed by atoms with E-state index >= 15 is 0 Å². The number of pyridine rings is 1. The second-order valence-electron chi connectivity index (χ2n) is 8.80. The van der Waals surface area contributed by atoms with Crippen LogP contribution >= 0.6 is 0 Å². The van der Waals surface area contributed by atoms with Crippen LogP contribution in [0.15, 0.2) is 35.0 Å². The van der Waals surface area contributed by atoms with Gasteiger partial charge < -0.3 is 16.1 Å². The molecule has 176 valence electrons. The Balaban J connectivity index is 1.81. The quantitative estimate of drug-likeness (QED) is 0.544. The number of halogens is 2. The lowest BCUT2D eigenvalue weighted by atomic mass is 10.0. The zero-order chi connectivity index (χ0) is 23.7. The second-order valence-corrected chi connectivity index (χ2v) is 8.80. The molecule has 3 heterocycles. The number of likely N-dealkylation sites (N-methyl/N-ethyl adjacent to an activating group) is 1. The average molecular weight is 455 g/mol. The molecule has 0 aliphatic carbocycles. The molecule has 0 saturated carbocycles. The first-order valence-electron chi connectivity index (χ1n) is 11.6. The third-order valence-electron chi connectivity index (χ3n) is 6.51. The summed E-state index contributed by atoms with van der Waals surface area (Å²) in [5, 5.41) is 8.67. The molecule has 4 rings (SSSR count). The number of rotatable bonds is 7. The first kappa shape index (κ1) is 23.2. The van der Waals surface area contributed by atoms with Crippen molar-refractivity contribution in [1.29, 1.82) is 0 Å². The van der Waals surface area contributed by atoms with E-state index in [2.05, 4.69) is 34.9 Å². The molecule has 0 saturated heterocycles. The Morgan fingerprint density at radius 2 is 1.94 bits per heavy atom. The number of amidine groups is 1. The molecule has 0 amide bonds. The van der Waals surface area contributed by atoms with Crippen molar-refractivity contribution in [1.82, 2.24) is 20.7 Å². The first-order valence-corrected chi connectivity index (χ1v) is 11.6. The maximum atomic E-state index is 14.7. The van der Waals surface area contributed by atoms with Crippen LogP contribution in [0.4, 0.5) is 20.3 Å². The van der Waals surface area contributed by atoms with E-state index in [9.17, 15) is 8.78 Å². The van der Waals surface area contributed by atoms with Gasteiger partial charge in [0.05, 0.1) is 34.4 Å². The summed E-state index contributed by atoms with van der Waals surface area (Å²) in [6.45, 7) is 9.15. The highest BCUT2D eigenvalue weighted by molar-refractivity contribution is 6.05. The Labute approximate surface area is 194 Å². The summed E-state index contributed by atoms with van der Waals surface area (Å²) in [5.41, 5.74) is 6.98. The highest BCUT2D eigenvalue weighted by Gasteiger charge is 2.33. The van der Waals surface area contributed by atoms with Crippen molar-refractivity contribution >= 4 is 23.0 Å². The summed E-state index contributed by atoms with van der Waals surface area (Å²) < 4.78 is 29.3. The van der Waals surface area contributed by atoms with Gasteiger partial charge in [-0.2, -0.15) is 0 Å². The Bertz CT molecular complexity index is 1090. The third-order valence-corrected chi connectivity index (χ3v) is 6.51. The molecule has 3 N–H and O–H groups in total. The molecule has 33 heavy (non-hydrogen) atoms. The number of fused-ring (bicyclic) bond motifs is 2. The maximum absolute atomic E-state index is 14.7. The standard InChI is InChI=1S/C25H32F2N6/c1-6-9-16(7-2)13-28-20-12-17-22(14(3)29-20)30-25(21-18(26)10-8-11-19(21)27)31-23-15(4)33(5)32-24(17)23/h8,10-12,15-16,32H,6-7,9,13H2,1-5H3,(H,28,29)(H,30,31). The van der Waals surface area contributed by atoms with Crippen molar-refractivity contribution in [2.45, 2.75) is 53.0 Å². The van der Waals surface area contributed by atoms with Crippen molar-refractivity contribution in [3.63, 3.8) is 0 Å². The monoisotopic (exact) mass is 454 g/mol. The number of aliphatic imine (C=N–C) groups is 1. The normalized spacial score (nSPS) is 18.6. The summed E-state index contributed by atoms with van der Waals surface area (Å²) in [4.78, 5) is 9.41. The Hall–Kier alpha value is -3.00. The average Bonchev–Trinajstić information content (AvgIpc) is 2.96. The molecular formula is C25H32F2N6. The number of benzene rings is 1. The summed E-state index contributed by atoms with van der Waals surface area (Å²) in [6.07, 6.45) is 3.42. The van der Waals surface area contributed by atoms with E-state index in [4.69, 9.17) is 4.98 Å². The van der Waals surface area contributed by atoms with Gasteiger partial charge in [-0.1, -0.05) is 32.8 Å². The minimum absolute atomic E-state index is 0.0510. The largest absolute Gasteiger partial charge is 0.370 e. The van der Waals surface area contributed by atoms with Crippen molar-refractivity contribution in [3.8, 4) is 0 Å². The van der Waals surface area contributed by atoms with E-state index in [1.807, 2.05) is 32.0 Å². The van der Waals surface area contributed by atoms with Gasteiger partial charge in [0.2, 0.25) is 0 Å². The van der Waals surface area contributed by atoms with Crippen LogP contribution in [0.3, 0.4) is 0 Å². The van der Waals surface area contributed by atoms with Gasteiger partial charge in [0, 0.05) is 19.2 Å². The minimum atomic E-state index is -0.663. The highest BCUT2D eigenvalue weighted by Crippen LogP contribution is 2.37. The van der Waals surface area contributed by atoms with Crippen LogP contribution in [0.5, 0.6) is 0 Å². The lowest BCUT2D eigenvalue weighted by Crippen LogP contribution is -2.37. The van der Waals surface area contributed by atoms with E-state index in [0.29, 0.717) is 17.3 Å². The number of hydrazine groups is 1. The van der Waals surface area contributed by atoms with Crippen LogP contribution in [-0.4, -0.2) is 35.5 Å². The molecule has 8 heteroatoms. The van der Waals surface area contributed by atoms with E-state index in [1.165, 1.54) is 24.6 Å². The number of hydrogen-bond acceptors (Lipinski definition) is 6. The molecule has 6 nitrogen and oxygen atoms in total. The van der Waals surface area contributed by atoms with E-state index in [-0.39, 0.29) is 17.4 Å². The summed E-state index contributed by atoms with van der Waals surface area (Å²) >= 11 is 0. The van der Waals surface area contributed by atoms with E-state index in [0.717, 1.165) is 42.2 Å². The predicted octanol–water partition coefficient (Wildman–Crippen LogP) is 5.10. The summed E-state index contributed by atoms with van der Waals surface area (Å²) in [7, 11) is 1.94. The van der Waals surface area contributed by atoms with Gasteiger partial charge in [-0.3, -0.25) is 0 Å². The molecule has 1 aromatic heterocycles. The van der Waals surface area contributed by atoms with Crippen molar-refractivity contribution in [2.75, 3.05) is 18.9 Å². The number of hydrogen-bond donors (Lipinski definition) is 3. The lowest BCUT2D eigenvalue weighted by molar-refractivity contribution is 0.263. The third kappa shape index (κ3) is 4.44. The minimum Gasteiger partial charge on any atom is -0.370 e. The molecule has 2 unspecified atom stereocenters. The predicted molar refractivity (Wildman–Crippen MR) is 129 cm³/mol. The van der Waals surface area contributed by atoms with Crippen molar-refractivity contribution < 1.29 is 8.78 Å². The Morgan fingerprint density at radius 1 is 1.21 bits per heavy atom. The number of anilines is 1. The van der Waals surface area contributed by atoms with Gasteiger partial charge in [-0.05, 0) is 44.4 Å². The van der Waals surface area contributed by atoms with E-state index in [1.54, 1.807) is 0 Å². The number of nitrogens with zero attached hydrogens (tertiary/aromatic N) is 3. The molecule has 2 aliphatic heterocycles.